The Labute approximate surface area is 150 Å². The number of hydrogen-bond acceptors (Lipinski definition) is 1. The van der Waals surface area contributed by atoms with Crippen LogP contribution in [-0.4, -0.2) is 15.8 Å². The Bertz CT molecular complexity index is 1230. The third-order valence-corrected chi connectivity index (χ3v) is 4.80. The van der Waals surface area contributed by atoms with Crippen molar-refractivity contribution in [3.05, 3.63) is 96.2 Å². The molecule has 0 saturated heterocycles. The van der Waals surface area contributed by atoms with Gasteiger partial charge in [0.05, 0.1) is 0 Å². The van der Waals surface area contributed by atoms with Crippen molar-refractivity contribution in [2.75, 3.05) is 0 Å². The molecule has 2 N–H and O–H groups in total. The summed E-state index contributed by atoms with van der Waals surface area (Å²) in [5, 5.41) is 2.12. The van der Waals surface area contributed by atoms with E-state index >= 15 is 0 Å². The van der Waals surface area contributed by atoms with Gasteiger partial charge in [-0.1, -0.05) is 54.6 Å². The molecule has 0 aliphatic heterocycles. The van der Waals surface area contributed by atoms with E-state index in [-0.39, 0.29) is 5.78 Å². The fraction of sp³-hybridized carbons (Fsp3) is 0. The summed E-state index contributed by atoms with van der Waals surface area (Å²) in [5.74, 6) is 0.0282. The van der Waals surface area contributed by atoms with Crippen LogP contribution in [0.4, 0.5) is 0 Å². The summed E-state index contributed by atoms with van der Waals surface area (Å²) in [6.45, 7) is 0. The van der Waals surface area contributed by atoms with Crippen molar-refractivity contribution in [1.29, 1.82) is 0 Å². The van der Waals surface area contributed by atoms with Gasteiger partial charge in [-0.25, -0.2) is 0 Å². The van der Waals surface area contributed by atoms with Crippen molar-refractivity contribution in [2.24, 2.45) is 0 Å². The zero-order valence-electron chi connectivity index (χ0n) is 14.0. The third-order valence-electron chi connectivity index (χ3n) is 4.80. The van der Waals surface area contributed by atoms with Gasteiger partial charge in [0.15, 0.2) is 5.78 Å². The van der Waals surface area contributed by atoms with E-state index in [9.17, 15) is 4.79 Å². The van der Waals surface area contributed by atoms with Crippen LogP contribution in [0.25, 0.3) is 33.1 Å². The predicted octanol–water partition coefficient (Wildman–Crippen LogP) is 5.55. The smallest absolute Gasteiger partial charge is 0.195 e. The molecule has 2 aromatic heterocycles. The molecular formula is C23H16N2O. The molecule has 0 fully saturated rings. The van der Waals surface area contributed by atoms with Crippen LogP contribution < -0.4 is 0 Å². The number of aromatic amines is 2. The first-order chi connectivity index (χ1) is 12.8. The van der Waals surface area contributed by atoms with E-state index in [1.54, 1.807) is 6.20 Å². The maximum absolute atomic E-state index is 13.0. The van der Waals surface area contributed by atoms with Gasteiger partial charge in [0.2, 0.25) is 0 Å². The maximum atomic E-state index is 13.0. The molecule has 0 spiro atoms. The third kappa shape index (κ3) is 2.33. The summed E-state index contributed by atoms with van der Waals surface area (Å²) in [5.41, 5.74) is 5.48. The number of aromatic nitrogens is 2. The molecule has 26 heavy (non-hydrogen) atoms. The van der Waals surface area contributed by atoms with Crippen LogP contribution in [0, 0.1) is 0 Å². The van der Waals surface area contributed by atoms with E-state index in [1.165, 1.54) is 0 Å². The average Bonchev–Trinajstić information content (AvgIpc) is 3.32. The van der Waals surface area contributed by atoms with Gasteiger partial charge in [-0.05, 0) is 29.8 Å². The highest BCUT2D eigenvalue weighted by molar-refractivity contribution is 6.16. The quantitative estimate of drug-likeness (QED) is 0.417. The molecule has 0 amide bonds. The second-order valence-corrected chi connectivity index (χ2v) is 6.43. The van der Waals surface area contributed by atoms with Gasteiger partial charge in [-0.15, -0.1) is 0 Å². The number of fused-ring (bicyclic) bond motifs is 2. The van der Waals surface area contributed by atoms with Gasteiger partial charge in [0, 0.05) is 44.8 Å². The molecular weight excluding hydrogens is 320 g/mol. The predicted molar refractivity (Wildman–Crippen MR) is 105 cm³/mol. The fourth-order valence-corrected chi connectivity index (χ4v) is 3.47. The second-order valence-electron chi connectivity index (χ2n) is 6.43. The molecule has 0 radical (unpaired) electrons. The molecule has 0 aliphatic rings. The van der Waals surface area contributed by atoms with Gasteiger partial charge >= 0.3 is 0 Å². The molecule has 5 rings (SSSR count). The second kappa shape index (κ2) is 5.74. The van der Waals surface area contributed by atoms with Gasteiger partial charge in [-0.3, -0.25) is 4.79 Å². The molecule has 3 nitrogen and oxygen atoms in total. The van der Waals surface area contributed by atoms with E-state index in [0.29, 0.717) is 11.1 Å². The number of carbonyl (C=O) groups excluding carboxylic acids is 1. The van der Waals surface area contributed by atoms with Crippen LogP contribution in [0.1, 0.15) is 15.9 Å². The molecule has 2 heterocycles. The van der Waals surface area contributed by atoms with Crippen molar-refractivity contribution < 1.29 is 4.79 Å². The van der Waals surface area contributed by atoms with Gasteiger partial charge in [0.25, 0.3) is 0 Å². The molecule has 3 aromatic carbocycles. The minimum atomic E-state index is 0.0282. The Kier molecular flexibility index (Phi) is 3.25. The number of ketones is 1. The Morgan fingerprint density at radius 2 is 1.58 bits per heavy atom. The number of nitrogens with one attached hydrogen (secondary N) is 2. The zero-order valence-corrected chi connectivity index (χ0v) is 14.0. The molecule has 0 atom stereocenters. The molecule has 5 aromatic rings. The summed E-state index contributed by atoms with van der Waals surface area (Å²) in [6, 6.07) is 25.9. The SMILES string of the molecule is O=C(c1cccc(-c2cc3ccccc3[nH]2)c1)c1c[nH]c2ccccc12. The lowest BCUT2D eigenvalue weighted by Gasteiger charge is -2.03. The van der Waals surface area contributed by atoms with Crippen molar-refractivity contribution in [3.8, 4) is 11.3 Å². The van der Waals surface area contributed by atoms with Crippen molar-refractivity contribution in [3.63, 3.8) is 0 Å². The Balaban J connectivity index is 1.58. The van der Waals surface area contributed by atoms with Gasteiger partial charge < -0.3 is 9.97 Å². The van der Waals surface area contributed by atoms with E-state index in [0.717, 1.165) is 33.1 Å². The topological polar surface area (TPSA) is 48.6 Å². The highest BCUT2D eigenvalue weighted by Crippen LogP contribution is 2.26. The van der Waals surface area contributed by atoms with Crippen LogP contribution in [0.2, 0.25) is 0 Å². The highest BCUT2D eigenvalue weighted by Gasteiger charge is 2.15. The normalized spacial score (nSPS) is 11.2. The summed E-state index contributed by atoms with van der Waals surface area (Å²) >= 11 is 0. The monoisotopic (exact) mass is 336 g/mol. The highest BCUT2D eigenvalue weighted by atomic mass is 16.1. The lowest BCUT2D eigenvalue weighted by Crippen LogP contribution is -2.00. The summed E-state index contributed by atoms with van der Waals surface area (Å²) < 4.78 is 0. The van der Waals surface area contributed by atoms with E-state index in [1.807, 2.05) is 60.7 Å². The number of carbonyl (C=O) groups is 1. The molecule has 0 saturated carbocycles. The standard InChI is InChI=1S/C23H16N2O/c26-23(19-14-24-21-11-4-2-9-18(19)21)17-8-5-7-15(12-17)22-13-16-6-1-3-10-20(16)25-22/h1-14,24-25H. The number of para-hydroxylation sites is 2. The minimum absolute atomic E-state index is 0.0282. The number of H-pyrrole nitrogens is 2. The molecule has 0 unspecified atom stereocenters. The number of benzene rings is 3. The molecule has 0 bridgehead atoms. The van der Waals surface area contributed by atoms with Crippen LogP contribution >= 0.6 is 0 Å². The lowest BCUT2D eigenvalue weighted by atomic mass is 10.00. The summed E-state index contributed by atoms with van der Waals surface area (Å²) in [4.78, 5) is 19.6. The number of rotatable bonds is 3. The van der Waals surface area contributed by atoms with E-state index in [4.69, 9.17) is 0 Å². The van der Waals surface area contributed by atoms with E-state index in [2.05, 4.69) is 28.2 Å². The average molecular weight is 336 g/mol. The Morgan fingerprint density at radius 1 is 0.769 bits per heavy atom. The van der Waals surface area contributed by atoms with Crippen LogP contribution in [0.5, 0.6) is 0 Å². The maximum Gasteiger partial charge on any atom is 0.195 e. The Hall–Kier alpha value is -3.59. The first-order valence-corrected chi connectivity index (χ1v) is 8.58. The van der Waals surface area contributed by atoms with Crippen molar-refractivity contribution in [1.82, 2.24) is 9.97 Å². The molecule has 0 aliphatic carbocycles. The van der Waals surface area contributed by atoms with Crippen LogP contribution in [0.15, 0.2) is 85.1 Å². The van der Waals surface area contributed by atoms with Crippen molar-refractivity contribution >= 4 is 27.6 Å². The van der Waals surface area contributed by atoms with Crippen LogP contribution in [-0.2, 0) is 0 Å². The van der Waals surface area contributed by atoms with Gasteiger partial charge in [-0.2, -0.15) is 0 Å². The minimum Gasteiger partial charge on any atom is -0.360 e. The zero-order chi connectivity index (χ0) is 17.5. The first-order valence-electron chi connectivity index (χ1n) is 8.58. The summed E-state index contributed by atoms with van der Waals surface area (Å²) in [6.07, 6.45) is 1.79. The largest absolute Gasteiger partial charge is 0.360 e. The van der Waals surface area contributed by atoms with Gasteiger partial charge in [0.1, 0.15) is 0 Å². The lowest BCUT2D eigenvalue weighted by molar-refractivity contribution is 0.104. The molecule has 3 heteroatoms. The first kappa shape index (κ1) is 14.7. The fourth-order valence-electron chi connectivity index (χ4n) is 3.47. The van der Waals surface area contributed by atoms with Crippen LogP contribution in [0.3, 0.4) is 0 Å². The number of hydrogen-bond donors (Lipinski definition) is 2. The Morgan fingerprint density at radius 3 is 2.46 bits per heavy atom. The molecule has 124 valence electrons. The summed E-state index contributed by atoms with van der Waals surface area (Å²) in [7, 11) is 0. The van der Waals surface area contributed by atoms with Crippen molar-refractivity contribution in [2.45, 2.75) is 0 Å². The van der Waals surface area contributed by atoms with E-state index < -0.39 is 0 Å².